The van der Waals surface area contributed by atoms with Crippen LogP contribution in [-0.2, 0) is 6.54 Å². The van der Waals surface area contributed by atoms with Gasteiger partial charge in [-0.05, 0) is 33.6 Å². The first-order valence-corrected chi connectivity index (χ1v) is 7.13. The molecular weight excluding hydrogens is 238 g/mol. The maximum Gasteiger partial charge on any atom is 0.161 e. The monoisotopic (exact) mass is 263 g/mol. The predicted molar refractivity (Wildman–Crippen MR) is 76.4 cm³/mol. The third-order valence-corrected chi connectivity index (χ3v) is 2.92. The van der Waals surface area contributed by atoms with Crippen LogP contribution in [-0.4, -0.2) is 21.6 Å². The van der Waals surface area contributed by atoms with Gasteiger partial charge >= 0.3 is 0 Å². The van der Waals surface area contributed by atoms with E-state index in [-0.39, 0.29) is 5.60 Å². The molecule has 0 aliphatic heterocycles. The molecule has 0 spiro atoms. The second kappa shape index (κ2) is 5.45. The number of rotatable bonds is 5. The fraction of sp³-hybridized carbons (Fsp3) is 0.733. The molecule has 1 aromatic heterocycles. The van der Waals surface area contributed by atoms with Gasteiger partial charge < -0.3 is 10.1 Å². The molecule has 19 heavy (non-hydrogen) atoms. The molecule has 4 nitrogen and oxygen atoms in total. The molecule has 0 amide bonds. The highest BCUT2D eigenvalue weighted by Crippen LogP contribution is 2.25. The number of nitrogens with zero attached hydrogens (tertiary/aromatic N) is 2. The summed E-state index contributed by atoms with van der Waals surface area (Å²) in [5, 5.41) is 3.49. The fourth-order valence-electron chi connectivity index (χ4n) is 1.77. The Morgan fingerprint density at radius 2 is 2.05 bits per heavy atom. The highest BCUT2D eigenvalue weighted by Gasteiger charge is 2.22. The van der Waals surface area contributed by atoms with Crippen molar-refractivity contribution in [2.75, 3.05) is 0 Å². The van der Waals surface area contributed by atoms with Crippen LogP contribution in [0.15, 0.2) is 6.20 Å². The molecule has 0 radical (unpaired) electrons. The molecule has 4 heteroatoms. The topological polar surface area (TPSA) is 47.0 Å². The third-order valence-electron chi connectivity index (χ3n) is 2.92. The Kier molecular flexibility index (Phi) is 4.09. The van der Waals surface area contributed by atoms with Gasteiger partial charge in [-0.1, -0.05) is 13.8 Å². The number of hydrogen-bond donors (Lipinski definition) is 1. The lowest BCUT2D eigenvalue weighted by atomic mass is 10.2. The predicted octanol–water partition coefficient (Wildman–Crippen LogP) is 3.03. The van der Waals surface area contributed by atoms with Gasteiger partial charge in [-0.25, -0.2) is 9.97 Å². The van der Waals surface area contributed by atoms with E-state index >= 15 is 0 Å². The van der Waals surface area contributed by atoms with Gasteiger partial charge in [0.2, 0.25) is 0 Å². The van der Waals surface area contributed by atoms with Gasteiger partial charge in [0.05, 0.1) is 11.9 Å². The number of ether oxygens (including phenoxy) is 1. The van der Waals surface area contributed by atoms with Gasteiger partial charge in [0.1, 0.15) is 11.4 Å². The van der Waals surface area contributed by atoms with E-state index in [1.165, 1.54) is 12.8 Å². The Morgan fingerprint density at radius 3 is 2.58 bits per heavy atom. The molecule has 106 valence electrons. The number of aromatic nitrogens is 2. The minimum Gasteiger partial charge on any atom is -0.485 e. The maximum atomic E-state index is 5.96. The van der Waals surface area contributed by atoms with Crippen LogP contribution < -0.4 is 10.1 Å². The van der Waals surface area contributed by atoms with Crippen LogP contribution in [0.4, 0.5) is 0 Å². The molecular formula is C15H25N3O. The first kappa shape index (κ1) is 14.3. The van der Waals surface area contributed by atoms with Gasteiger partial charge in [-0.15, -0.1) is 0 Å². The molecule has 0 aromatic carbocycles. The molecule has 1 saturated carbocycles. The smallest absolute Gasteiger partial charge is 0.161 e. The lowest BCUT2D eigenvalue weighted by Gasteiger charge is -2.23. The van der Waals surface area contributed by atoms with Crippen molar-refractivity contribution >= 4 is 0 Å². The molecule has 1 aliphatic carbocycles. The first-order chi connectivity index (χ1) is 8.85. The Labute approximate surface area is 116 Å². The Balaban J connectivity index is 2.18. The minimum atomic E-state index is -0.225. The van der Waals surface area contributed by atoms with E-state index in [1.54, 1.807) is 0 Å². The quantitative estimate of drug-likeness (QED) is 0.887. The summed E-state index contributed by atoms with van der Waals surface area (Å²) in [6.07, 6.45) is 4.37. The van der Waals surface area contributed by atoms with Gasteiger partial charge in [0.25, 0.3) is 0 Å². The number of nitrogens with one attached hydrogen (secondary N) is 1. The summed E-state index contributed by atoms with van der Waals surface area (Å²) in [6.45, 7) is 11.1. The van der Waals surface area contributed by atoms with Crippen molar-refractivity contribution in [1.29, 1.82) is 0 Å². The Bertz CT molecular complexity index is 434. The minimum absolute atomic E-state index is 0.225. The summed E-state index contributed by atoms with van der Waals surface area (Å²) >= 11 is 0. The molecule has 1 aromatic rings. The van der Waals surface area contributed by atoms with Gasteiger partial charge in [0, 0.05) is 18.5 Å². The summed E-state index contributed by atoms with van der Waals surface area (Å²) in [5.41, 5.74) is 0.748. The van der Waals surface area contributed by atoms with Crippen LogP contribution >= 0.6 is 0 Å². The molecule has 1 fully saturated rings. The van der Waals surface area contributed by atoms with E-state index < -0.39 is 0 Å². The zero-order valence-corrected chi connectivity index (χ0v) is 12.7. The molecule has 1 heterocycles. The van der Waals surface area contributed by atoms with E-state index in [9.17, 15) is 0 Å². The van der Waals surface area contributed by atoms with E-state index in [0.717, 1.165) is 23.8 Å². The van der Waals surface area contributed by atoms with Gasteiger partial charge in [0.15, 0.2) is 5.75 Å². The third kappa shape index (κ3) is 4.46. The summed E-state index contributed by atoms with van der Waals surface area (Å²) in [5.74, 6) is 2.02. The standard InChI is InChI=1S/C15H25N3O/c1-10(2)14-17-9-13(19-15(3,4)5)12(18-14)8-16-11-6-7-11/h9-11,16H,6-8H2,1-5H3. The fourth-order valence-corrected chi connectivity index (χ4v) is 1.77. The highest BCUT2D eigenvalue weighted by atomic mass is 16.5. The zero-order chi connectivity index (χ0) is 14.0. The van der Waals surface area contributed by atoms with Crippen LogP contribution in [0, 0.1) is 0 Å². The highest BCUT2D eigenvalue weighted by molar-refractivity contribution is 5.26. The summed E-state index contributed by atoms with van der Waals surface area (Å²) < 4.78 is 5.96. The lowest BCUT2D eigenvalue weighted by molar-refractivity contribution is 0.127. The maximum absolute atomic E-state index is 5.96. The van der Waals surface area contributed by atoms with E-state index in [2.05, 4.69) is 29.1 Å². The Hall–Kier alpha value is -1.16. The van der Waals surface area contributed by atoms with Crippen LogP contribution in [0.3, 0.4) is 0 Å². The molecule has 1 N–H and O–H groups in total. The van der Waals surface area contributed by atoms with Crippen molar-refractivity contribution in [3.63, 3.8) is 0 Å². The van der Waals surface area contributed by atoms with Crippen LogP contribution in [0.5, 0.6) is 5.75 Å². The van der Waals surface area contributed by atoms with E-state index in [0.29, 0.717) is 12.0 Å². The van der Waals surface area contributed by atoms with E-state index in [4.69, 9.17) is 4.74 Å². The Morgan fingerprint density at radius 1 is 1.37 bits per heavy atom. The van der Waals surface area contributed by atoms with Crippen LogP contribution in [0.1, 0.15) is 64.9 Å². The van der Waals surface area contributed by atoms with Crippen molar-refractivity contribution in [3.05, 3.63) is 17.7 Å². The lowest BCUT2D eigenvalue weighted by Crippen LogP contribution is -2.26. The molecule has 0 bridgehead atoms. The zero-order valence-electron chi connectivity index (χ0n) is 12.7. The normalized spacial score (nSPS) is 15.9. The van der Waals surface area contributed by atoms with Gasteiger partial charge in [-0.2, -0.15) is 0 Å². The summed E-state index contributed by atoms with van der Waals surface area (Å²) in [4.78, 5) is 9.06. The van der Waals surface area contributed by atoms with Crippen molar-refractivity contribution in [3.8, 4) is 5.75 Å². The second-order valence-corrected chi connectivity index (χ2v) is 6.56. The average Bonchev–Trinajstić information content (AvgIpc) is 3.09. The molecule has 1 aliphatic rings. The number of hydrogen-bond acceptors (Lipinski definition) is 4. The molecule has 0 unspecified atom stereocenters. The SMILES string of the molecule is CC(C)c1ncc(OC(C)(C)C)c(CNC2CC2)n1. The summed E-state index contributed by atoms with van der Waals surface area (Å²) in [6, 6.07) is 0.667. The van der Waals surface area contributed by atoms with E-state index in [1.807, 2.05) is 27.0 Å². The van der Waals surface area contributed by atoms with Crippen molar-refractivity contribution < 1.29 is 4.74 Å². The largest absolute Gasteiger partial charge is 0.485 e. The van der Waals surface area contributed by atoms with Crippen molar-refractivity contribution in [2.24, 2.45) is 0 Å². The molecule has 0 saturated heterocycles. The molecule has 2 rings (SSSR count). The van der Waals surface area contributed by atoms with Gasteiger partial charge in [-0.3, -0.25) is 0 Å². The summed E-state index contributed by atoms with van der Waals surface area (Å²) in [7, 11) is 0. The molecule has 0 atom stereocenters. The van der Waals surface area contributed by atoms with Crippen molar-refractivity contribution in [1.82, 2.24) is 15.3 Å². The average molecular weight is 263 g/mol. The second-order valence-electron chi connectivity index (χ2n) is 6.56. The first-order valence-electron chi connectivity index (χ1n) is 7.13. The van der Waals surface area contributed by atoms with Crippen LogP contribution in [0.25, 0.3) is 0 Å². The van der Waals surface area contributed by atoms with Crippen molar-refractivity contribution in [2.45, 2.75) is 71.6 Å². The van der Waals surface area contributed by atoms with Crippen LogP contribution in [0.2, 0.25) is 0 Å².